The van der Waals surface area contributed by atoms with E-state index in [9.17, 15) is 18.3 Å². The maximum atomic E-state index is 14.1. The van der Waals surface area contributed by atoms with Crippen LogP contribution in [0.1, 0.15) is 5.56 Å². The fourth-order valence-corrected chi connectivity index (χ4v) is 3.57. The molecule has 0 amide bonds. The maximum Gasteiger partial charge on any atom is 0.161 e. The standard InChI is InChI=1S/C19H21F3N2O2.C5H5N/c1-26-15-4-2-13(3-5-15)10-23-6-7-24(14(11-23)12-25)19-9-17(21)16(20)8-18(19)22;1-2-4-6-5-3-1/h2-5,8-9,14,25H,6-7,10-12H2,1H3;1-5H. The lowest BCUT2D eigenvalue weighted by atomic mass is 10.1. The predicted molar refractivity (Wildman–Crippen MR) is 117 cm³/mol. The number of nitrogens with zero attached hydrogens (tertiary/aromatic N) is 3. The van der Waals surface area contributed by atoms with Crippen molar-refractivity contribution in [3.05, 3.63) is 90.0 Å². The highest BCUT2D eigenvalue weighted by Gasteiger charge is 2.29. The van der Waals surface area contributed by atoms with E-state index in [1.807, 2.05) is 42.5 Å². The molecule has 1 atom stereocenters. The van der Waals surface area contributed by atoms with Crippen LogP contribution < -0.4 is 9.64 Å². The van der Waals surface area contributed by atoms with Crippen LogP contribution in [0, 0.1) is 17.5 Å². The van der Waals surface area contributed by atoms with Crippen LogP contribution in [0.3, 0.4) is 0 Å². The summed E-state index contributed by atoms with van der Waals surface area (Å²) in [5.41, 5.74) is 1.07. The summed E-state index contributed by atoms with van der Waals surface area (Å²) in [6.07, 6.45) is 3.50. The molecule has 1 saturated heterocycles. The summed E-state index contributed by atoms with van der Waals surface area (Å²) in [5.74, 6) is -2.37. The Balaban J connectivity index is 0.000000416. The molecule has 0 saturated carbocycles. The minimum absolute atomic E-state index is 0.0213. The van der Waals surface area contributed by atoms with Crippen LogP contribution in [0.15, 0.2) is 67.0 Å². The molecule has 3 aromatic rings. The monoisotopic (exact) mass is 445 g/mol. The third kappa shape index (κ3) is 6.21. The summed E-state index contributed by atoms with van der Waals surface area (Å²) < 4.78 is 45.9. The lowest BCUT2D eigenvalue weighted by molar-refractivity contribution is 0.164. The van der Waals surface area contributed by atoms with Crippen molar-refractivity contribution in [1.29, 1.82) is 0 Å². The highest BCUT2D eigenvalue weighted by molar-refractivity contribution is 5.50. The Hall–Kier alpha value is -3.10. The number of benzene rings is 2. The van der Waals surface area contributed by atoms with E-state index in [0.29, 0.717) is 32.2 Å². The molecule has 8 heteroatoms. The molecule has 0 spiro atoms. The van der Waals surface area contributed by atoms with E-state index in [1.165, 1.54) is 0 Å². The lowest BCUT2D eigenvalue weighted by Gasteiger charge is -2.42. The zero-order valence-corrected chi connectivity index (χ0v) is 17.8. The van der Waals surface area contributed by atoms with E-state index in [0.717, 1.165) is 17.4 Å². The zero-order chi connectivity index (χ0) is 22.9. The summed E-state index contributed by atoms with van der Waals surface area (Å²) in [4.78, 5) is 7.52. The fourth-order valence-electron chi connectivity index (χ4n) is 3.57. The van der Waals surface area contributed by atoms with Crippen molar-refractivity contribution in [2.45, 2.75) is 12.6 Å². The minimum atomic E-state index is -1.22. The topological polar surface area (TPSA) is 48.8 Å². The van der Waals surface area contributed by atoms with Gasteiger partial charge in [-0.1, -0.05) is 18.2 Å². The Labute approximate surface area is 185 Å². The fraction of sp³-hybridized carbons (Fsp3) is 0.292. The molecular formula is C24H26F3N3O2. The first-order valence-corrected chi connectivity index (χ1v) is 10.2. The Kier molecular flexibility index (Phi) is 8.47. The number of methoxy groups -OCH3 is 1. The summed E-state index contributed by atoms with van der Waals surface area (Å²) in [6.45, 7) is 1.97. The first-order chi connectivity index (χ1) is 15.5. The molecule has 2 aromatic carbocycles. The maximum absolute atomic E-state index is 14.1. The number of pyridine rings is 1. The van der Waals surface area contributed by atoms with Gasteiger partial charge in [0, 0.05) is 50.7 Å². The van der Waals surface area contributed by atoms with Crippen LogP contribution in [0.2, 0.25) is 0 Å². The highest BCUT2D eigenvalue weighted by atomic mass is 19.2. The number of ether oxygens (including phenoxy) is 1. The number of aromatic nitrogens is 1. The Bertz CT molecular complexity index is 948. The molecule has 5 nitrogen and oxygen atoms in total. The smallest absolute Gasteiger partial charge is 0.161 e. The van der Waals surface area contributed by atoms with E-state index >= 15 is 0 Å². The van der Waals surface area contributed by atoms with E-state index < -0.39 is 23.5 Å². The second-order valence-corrected chi connectivity index (χ2v) is 7.36. The molecule has 2 heterocycles. The van der Waals surface area contributed by atoms with Gasteiger partial charge in [-0.2, -0.15) is 0 Å². The van der Waals surface area contributed by atoms with E-state index in [4.69, 9.17) is 4.74 Å². The molecule has 0 aliphatic carbocycles. The Morgan fingerprint density at radius 2 is 1.66 bits per heavy atom. The molecule has 1 fully saturated rings. The van der Waals surface area contributed by atoms with E-state index in [2.05, 4.69) is 9.88 Å². The number of aliphatic hydroxyl groups excluding tert-OH is 1. The predicted octanol–water partition coefficient (Wildman–Crippen LogP) is 3.88. The van der Waals surface area contributed by atoms with Crippen molar-refractivity contribution in [1.82, 2.24) is 9.88 Å². The van der Waals surface area contributed by atoms with Gasteiger partial charge < -0.3 is 14.7 Å². The van der Waals surface area contributed by atoms with Gasteiger partial charge in [0.1, 0.15) is 11.6 Å². The molecule has 1 aliphatic rings. The van der Waals surface area contributed by atoms with Gasteiger partial charge in [0.2, 0.25) is 0 Å². The Morgan fingerprint density at radius 1 is 0.969 bits per heavy atom. The number of halogens is 3. The molecular weight excluding hydrogens is 419 g/mol. The van der Waals surface area contributed by atoms with Gasteiger partial charge in [-0.3, -0.25) is 9.88 Å². The third-order valence-electron chi connectivity index (χ3n) is 5.21. The van der Waals surface area contributed by atoms with Gasteiger partial charge >= 0.3 is 0 Å². The van der Waals surface area contributed by atoms with Crippen LogP contribution in [-0.2, 0) is 6.54 Å². The first kappa shape index (κ1) is 23.6. The van der Waals surface area contributed by atoms with E-state index in [1.54, 1.807) is 24.4 Å². The third-order valence-corrected chi connectivity index (χ3v) is 5.21. The van der Waals surface area contributed by atoms with Gasteiger partial charge in [0.25, 0.3) is 0 Å². The Morgan fingerprint density at radius 3 is 2.22 bits per heavy atom. The van der Waals surface area contributed by atoms with Crippen LogP contribution in [-0.4, -0.2) is 54.4 Å². The van der Waals surface area contributed by atoms with Crippen molar-refractivity contribution in [3.63, 3.8) is 0 Å². The molecule has 1 aliphatic heterocycles. The molecule has 170 valence electrons. The number of hydrogen-bond donors (Lipinski definition) is 1. The van der Waals surface area contributed by atoms with Gasteiger partial charge in [-0.15, -0.1) is 0 Å². The average molecular weight is 445 g/mol. The molecule has 1 unspecified atom stereocenters. The van der Waals surface area contributed by atoms with Gasteiger partial charge in [-0.25, -0.2) is 13.2 Å². The second kappa shape index (κ2) is 11.5. The minimum Gasteiger partial charge on any atom is -0.497 e. The number of anilines is 1. The summed E-state index contributed by atoms with van der Waals surface area (Å²) in [6, 6.07) is 14.4. The lowest BCUT2D eigenvalue weighted by Crippen LogP contribution is -2.54. The van der Waals surface area contributed by atoms with Crippen molar-refractivity contribution in [2.24, 2.45) is 0 Å². The summed E-state index contributed by atoms with van der Waals surface area (Å²) in [5, 5.41) is 9.71. The van der Waals surface area contributed by atoms with Crippen LogP contribution in [0.5, 0.6) is 5.75 Å². The SMILES string of the molecule is COc1ccc(CN2CCN(c3cc(F)c(F)cc3F)C(CO)C2)cc1.c1ccncc1. The molecule has 0 radical (unpaired) electrons. The molecule has 4 rings (SSSR count). The summed E-state index contributed by atoms with van der Waals surface area (Å²) in [7, 11) is 1.61. The number of piperazine rings is 1. The van der Waals surface area contributed by atoms with Gasteiger partial charge in [0.05, 0.1) is 25.4 Å². The normalized spacial score (nSPS) is 16.3. The van der Waals surface area contributed by atoms with E-state index in [-0.39, 0.29) is 12.3 Å². The first-order valence-electron chi connectivity index (χ1n) is 10.2. The van der Waals surface area contributed by atoms with Crippen molar-refractivity contribution in [3.8, 4) is 5.75 Å². The molecule has 0 bridgehead atoms. The quantitative estimate of drug-likeness (QED) is 0.604. The van der Waals surface area contributed by atoms with Gasteiger partial charge in [-0.05, 0) is 29.8 Å². The van der Waals surface area contributed by atoms with Crippen molar-refractivity contribution < 1.29 is 23.0 Å². The molecule has 1 N–H and O–H groups in total. The van der Waals surface area contributed by atoms with Crippen LogP contribution in [0.4, 0.5) is 18.9 Å². The number of aliphatic hydroxyl groups is 1. The van der Waals surface area contributed by atoms with Crippen LogP contribution in [0.25, 0.3) is 0 Å². The van der Waals surface area contributed by atoms with Crippen LogP contribution >= 0.6 is 0 Å². The molecule has 32 heavy (non-hydrogen) atoms. The highest BCUT2D eigenvalue weighted by Crippen LogP contribution is 2.27. The summed E-state index contributed by atoms with van der Waals surface area (Å²) >= 11 is 0. The van der Waals surface area contributed by atoms with Crippen molar-refractivity contribution >= 4 is 5.69 Å². The second-order valence-electron chi connectivity index (χ2n) is 7.36. The zero-order valence-electron chi connectivity index (χ0n) is 17.8. The number of hydrogen-bond acceptors (Lipinski definition) is 5. The largest absolute Gasteiger partial charge is 0.497 e. The van der Waals surface area contributed by atoms with Crippen molar-refractivity contribution in [2.75, 3.05) is 38.3 Å². The average Bonchev–Trinajstić information content (AvgIpc) is 2.83. The molecule has 1 aromatic heterocycles. The number of rotatable bonds is 5. The van der Waals surface area contributed by atoms with Gasteiger partial charge in [0.15, 0.2) is 11.6 Å².